The number of benzene rings is 1. The van der Waals surface area contributed by atoms with E-state index in [2.05, 4.69) is 15.9 Å². The minimum Gasteiger partial charge on any atom is -0.311 e. The molecule has 1 amide bonds. The van der Waals surface area contributed by atoms with Crippen LogP contribution < -0.4 is 4.90 Å². The molecule has 0 aliphatic carbocycles. The molecule has 0 radical (unpaired) electrons. The summed E-state index contributed by atoms with van der Waals surface area (Å²) in [5, 5.41) is 0. The van der Waals surface area contributed by atoms with Crippen LogP contribution in [0.3, 0.4) is 0 Å². The lowest BCUT2D eigenvalue weighted by Gasteiger charge is -2.29. The van der Waals surface area contributed by atoms with E-state index in [0.717, 1.165) is 12.8 Å². The maximum atomic E-state index is 13.0. The molecular weight excluding hydrogens is 261 g/mol. The topological polar surface area (TPSA) is 20.3 Å². The Bertz CT molecular complexity index is 383. The molecule has 0 aromatic heterocycles. The van der Waals surface area contributed by atoms with Crippen molar-refractivity contribution < 1.29 is 9.18 Å². The first-order chi connectivity index (χ1) is 7.18. The van der Waals surface area contributed by atoms with Gasteiger partial charge in [0.2, 0.25) is 5.91 Å². The minimum absolute atomic E-state index is 0.0202. The SMILES string of the molecule is O=C1[C@@H](Br)CCCN1c1cccc(F)c1. The Morgan fingerprint density at radius 2 is 2.27 bits per heavy atom. The van der Waals surface area contributed by atoms with E-state index in [1.807, 2.05) is 0 Å². The first-order valence-corrected chi connectivity index (χ1v) is 5.81. The van der Waals surface area contributed by atoms with Gasteiger partial charge < -0.3 is 4.90 Å². The van der Waals surface area contributed by atoms with Crippen molar-refractivity contribution in [1.82, 2.24) is 0 Å². The second-order valence-electron chi connectivity index (χ2n) is 3.58. The highest BCUT2D eigenvalue weighted by Crippen LogP contribution is 2.24. The molecule has 1 aromatic carbocycles. The van der Waals surface area contributed by atoms with Crippen molar-refractivity contribution in [3.05, 3.63) is 30.1 Å². The Morgan fingerprint density at radius 3 is 3.00 bits per heavy atom. The smallest absolute Gasteiger partial charge is 0.240 e. The van der Waals surface area contributed by atoms with E-state index in [-0.39, 0.29) is 16.6 Å². The van der Waals surface area contributed by atoms with Crippen LogP contribution in [0.15, 0.2) is 24.3 Å². The summed E-state index contributed by atoms with van der Waals surface area (Å²) < 4.78 is 13.0. The van der Waals surface area contributed by atoms with Crippen LogP contribution in [0.2, 0.25) is 0 Å². The fraction of sp³-hybridized carbons (Fsp3) is 0.364. The van der Waals surface area contributed by atoms with E-state index in [9.17, 15) is 9.18 Å². The number of alkyl halides is 1. The molecule has 1 heterocycles. The molecule has 1 aliphatic rings. The highest BCUT2D eigenvalue weighted by Gasteiger charge is 2.27. The molecule has 1 saturated heterocycles. The first-order valence-electron chi connectivity index (χ1n) is 4.89. The lowest BCUT2D eigenvalue weighted by molar-refractivity contribution is -0.118. The second kappa shape index (κ2) is 4.31. The standard InChI is InChI=1S/C11H11BrFNO/c12-10-5-2-6-14(11(10)15)9-4-1-3-8(13)7-9/h1,3-4,7,10H,2,5-6H2/t10-/m0/s1. The molecule has 80 valence electrons. The monoisotopic (exact) mass is 271 g/mol. The molecule has 0 spiro atoms. The largest absolute Gasteiger partial charge is 0.311 e. The summed E-state index contributed by atoms with van der Waals surface area (Å²) >= 11 is 3.32. The molecule has 1 aromatic rings. The maximum absolute atomic E-state index is 13.0. The Kier molecular flexibility index (Phi) is 3.05. The van der Waals surface area contributed by atoms with E-state index in [0.29, 0.717) is 12.2 Å². The summed E-state index contributed by atoms with van der Waals surface area (Å²) in [5.41, 5.74) is 0.643. The summed E-state index contributed by atoms with van der Waals surface area (Å²) in [5.74, 6) is -0.288. The molecular formula is C11H11BrFNO. The molecule has 1 atom stereocenters. The maximum Gasteiger partial charge on any atom is 0.240 e. The molecule has 0 N–H and O–H groups in total. The summed E-state index contributed by atoms with van der Waals surface area (Å²) in [6, 6.07) is 6.15. The zero-order chi connectivity index (χ0) is 10.8. The highest BCUT2D eigenvalue weighted by molar-refractivity contribution is 9.10. The van der Waals surface area contributed by atoms with Crippen LogP contribution in [0, 0.1) is 5.82 Å². The zero-order valence-corrected chi connectivity index (χ0v) is 9.71. The van der Waals surface area contributed by atoms with E-state index >= 15 is 0 Å². The molecule has 4 heteroatoms. The number of carbonyl (C=O) groups excluding carboxylic acids is 1. The quantitative estimate of drug-likeness (QED) is 0.720. The van der Waals surface area contributed by atoms with Gasteiger partial charge in [0.15, 0.2) is 0 Å². The minimum atomic E-state index is -0.308. The Morgan fingerprint density at radius 1 is 1.47 bits per heavy atom. The Hall–Kier alpha value is -0.900. The van der Waals surface area contributed by atoms with Gasteiger partial charge in [0, 0.05) is 12.2 Å². The lowest BCUT2D eigenvalue weighted by Crippen LogP contribution is -2.41. The molecule has 1 fully saturated rings. The van der Waals surface area contributed by atoms with Crippen molar-refractivity contribution in [3.8, 4) is 0 Å². The number of piperidine rings is 1. The Balaban J connectivity index is 2.26. The molecule has 0 unspecified atom stereocenters. The third-order valence-electron chi connectivity index (χ3n) is 2.49. The van der Waals surface area contributed by atoms with Crippen molar-refractivity contribution in [3.63, 3.8) is 0 Å². The van der Waals surface area contributed by atoms with Gasteiger partial charge >= 0.3 is 0 Å². The summed E-state index contributed by atoms with van der Waals surface area (Å²) in [4.78, 5) is 13.3. The number of hydrogen-bond donors (Lipinski definition) is 0. The average Bonchev–Trinajstić information content (AvgIpc) is 2.22. The number of anilines is 1. The van der Waals surface area contributed by atoms with Crippen LogP contribution in [0.25, 0.3) is 0 Å². The van der Waals surface area contributed by atoms with E-state index in [1.54, 1.807) is 17.0 Å². The zero-order valence-electron chi connectivity index (χ0n) is 8.12. The summed E-state index contributed by atoms with van der Waals surface area (Å²) in [6.07, 6.45) is 1.79. The van der Waals surface area contributed by atoms with Gasteiger partial charge in [-0.3, -0.25) is 4.79 Å². The van der Waals surface area contributed by atoms with Crippen LogP contribution in [0.5, 0.6) is 0 Å². The predicted molar refractivity (Wildman–Crippen MR) is 60.7 cm³/mol. The summed E-state index contributed by atoms with van der Waals surface area (Å²) in [7, 11) is 0. The number of carbonyl (C=O) groups is 1. The fourth-order valence-electron chi connectivity index (χ4n) is 1.73. The van der Waals surface area contributed by atoms with Crippen LogP contribution in [-0.4, -0.2) is 17.3 Å². The fourth-order valence-corrected chi connectivity index (χ4v) is 2.30. The van der Waals surface area contributed by atoms with E-state index < -0.39 is 0 Å². The average molecular weight is 272 g/mol. The third kappa shape index (κ3) is 2.20. The van der Waals surface area contributed by atoms with Crippen LogP contribution in [0.4, 0.5) is 10.1 Å². The number of nitrogens with zero attached hydrogens (tertiary/aromatic N) is 1. The van der Waals surface area contributed by atoms with Gasteiger partial charge in [0.25, 0.3) is 0 Å². The molecule has 0 bridgehead atoms. The van der Waals surface area contributed by atoms with Gasteiger partial charge in [-0.05, 0) is 31.0 Å². The molecule has 0 saturated carbocycles. The molecule has 15 heavy (non-hydrogen) atoms. The molecule has 2 nitrogen and oxygen atoms in total. The van der Waals surface area contributed by atoms with E-state index in [1.165, 1.54) is 12.1 Å². The van der Waals surface area contributed by atoms with Gasteiger partial charge in [0.1, 0.15) is 5.82 Å². The predicted octanol–water partition coefficient (Wildman–Crippen LogP) is 2.72. The van der Waals surface area contributed by atoms with Crippen molar-refractivity contribution in [1.29, 1.82) is 0 Å². The van der Waals surface area contributed by atoms with Crippen LogP contribution in [-0.2, 0) is 4.79 Å². The van der Waals surface area contributed by atoms with Crippen LogP contribution >= 0.6 is 15.9 Å². The van der Waals surface area contributed by atoms with Crippen molar-refractivity contribution >= 4 is 27.5 Å². The third-order valence-corrected chi connectivity index (χ3v) is 3.34. The number of amides is 1. The Labute approximate surface area is 96.2 Å². The first kappa shape index (κ1) is 10.6. The molecule has 1 aliphatic heterocycles. The number of hydrogen-bond acceptors (Lipinski definition) is 1. The van der Waals surface area contributed by atoms with Gasteiger partial charge in [-0.1, -0.05) is 22.0 Å². The van der Waals surface area contributed by atoms with Gasteiger partial charge in [-0.15, -0.1) is 0 Å². The lowest BCUT2D eigenvalue weighted by atomic mass is 10.1. The van der Waals surface area contributed by atoms with Crippen molar-refractivity contribution in [2.45, 2.75) is 17.7 Å². The van der Waals surface area contributed by atoms with Crippen molar-refractivity contribution in [2.24, 2.45) is 0 Å². The van der Waals surface area contributed by atoms with Gasteiger partial charge in [-0.25, -0.2) is 4.39 Å². The molecule has 2 rings (SSSR count). The van der Waals surface area contributed by atoms with Crippen molar-refractivity contribution in [2.75, 3.05) is 11.4 Å². The summed E-state index contributed by atoms with van der Waals surface area (Å²) in [6.45, 7) is 0.671. The highest BCUT2D eigenvalue weighted by atomic mass is 79.9. The van der Waals surface area contributed by atoms with E-state index in [4.69, 9.17) is 0 Å². The number of rotatable bonds is 1. The second-order valence-corrected chi connectivity index (χ2v) is 4.68. The number of halogens is 2. The normalized spacial score (nSPS) is 21.9. The van der Waals surface area contributed by atoms with Crippen LogP contribution in [0.1, 0.15) is 12.8 Å². The van der Waals surface area contributed by atoms with Gasteiger partial charge in [-0.2, -0.15) is 0 Å². The van der Waals surface area contributed by atoms with Gasteiger partial charge in [0.05, 0.1) is 4.83 Å².